The summed E-state index contributed by atoms with van der Waals surface area (Å²) in [5, 5.41) is 6.00. The summed E-state index contributed by atoms with van der Waals surface area (Å²) in [6.45, 7) is 2.86. The molecule has 158 valence electrons. The van der Waals surface area contributed by atoms with Gasteiger partial charge in [-0.05, 0) is 30.7 Å². The molecule has 10 heteroatoms. The van der Waals surface area contributed by atoms with Crippen LogP contribution in [0.25, 0.3) is 0 Å². The fraction of sp³-hybridized carbons (Fsp3) is 0.263. The molecule has 0 aliphatic carbocycles. The second-order valence-corrected chi connectivity index (χ2v) is 5.77. The second kappa shape index (κ2) is 11.5. The number of ether oxygens (including phenoxy) is 1. The molecule has 0 atom stereocenters. The van der Waals surface area contributed by atoms with Crippen LogP contribution >= 0.6 is 24.0 Å². The number of carbonyl (C=O) groups is 1. The van der Waals surface area contributed by atoms with E-state index in [-0.39, 0.29) is 36.3 Å². The van der Waals surface area contributed by atoms with E-state index in [1.165, 1.54) is 12.1 Å². The summed E-state index contributed by atoms with van der Waals surface area (Å²) in [6, 6.07) is 12.6. The van der Waals surface area contributed by atoms with Crippen LogP contribution in [0.15, 0.2) is 53.5 Å². The van der Waals surface area contributed by atoms with Crippen LogP contribution in [0.3, 0.4) is 0 Å². The fourth-order valence-corrected chi connectivity index (χ4v) is 2.34. The Kier molecular flexibility index (Phi) is 9.72. The van der Waals surface area contributed by atoms with Crippen LogP contribution in [-0.4, -0.2) is 24.8 Å². The highest BCUT2D eigenvalue weighted by Gasteiger charge is 2.31. The number of halogens is 4. The number of nitrogens with two attached hydrogens (primary N) is 1. The zero-order valence-electron chi connectivity index (χ0n) is 15.6. The Bertz CT molecular complexity index is 827. The second-order valence-electron chi connectivity index (χ2n) is 5.77. The molecule has 0 heterocycles. The van der Waals surface area contributed by atoms with Crippen molar-refractivity contribution in [3.8, 4) is 5.75 Å². The Morgan fingerprint density at radius 1 is 1.10 bits per heavy atom. The minimum atomic E-state index is -4.76. The summed E-state index contributed by atoms with van der Waals surface area (Å²) in [5.41, 5.74) is 6.80. The monoisotopic (exact) mass is 522 g/mol. The van der Waals surface area contributed by atoms with Crippen LogP contribution in [-0.2, 0) is 13.1 Å². The molecule has 1 amide bonds. The van der Waals surface area contributed by atoms with Crippen molar-refractivity contribution in [2.24, 2.45) is 10.7 Å². The van der Waals surface area contributed by atoms with Gasteiger partial charge in [0.1, 0.15) is 5.75 Å². The Morgan fingerprint density at radius 2 is 1.76 bits per heavy atom. The molecular weight excluding hydrogens is 500 g/mol. The molecule has 4 N–H and O–H groups in total. The summed E-state index contributed by atoms with van der Waals surface area (Å²) >= 11 is 0. The van der Waals surface area contributed by atoms with Crippen molar-refractivity contribution < 1.29 is 22.7 Å². The van der Waals surface area contributed by atoms with E-state index < -0.39 is 12.3 Å². The standard InChI is InChI=1S/C19H21F3N4O2.HI/c1-2-24-18(25-11-13-7-9-14(10-8-13)17(23)27)26-12-15-5-3-4-6-16(15)28-19(20,21)22;/h3-10H,2,11-12H2,1H3,(H2,23,27)(H2,24,25,26);1H. The number of carbonyl (C=O) groups excluding carboxylic acids is 1. The molecule has 0 aliphatic heterocycles. The summed E-state index contributed by atoms with van der Waals surface area (Å²) in [5.74, 6) is -0.339. The SMILES string of the molecule is CCNC(=NCc1ccc(C(N)=O)cc1)NCc1ccccc1OC(F)(F)F.I. The van der Waals surface area contributed by atoms with E-state index in [4.69, 9.17) is 5.73 Å². The van der Waals surface area contributed by atoms with Crippen LogP contribution in [0.2, 0.25) is 0 Å². The molecule has 2 aromatic rings. The van der Waals surface area contributed by atoms with Gasteiger partial charge in [0.25, 0.3) is 0 Å². The van der Waals surface area contributed by atoms with E-state index in [0.29, 0.717) is 30.2 Å². The largest absolute Gasteiger partial charge is 0.573 e. The van der Waals surface area contributed by atoms with Gasteiger partial charge in [0.15, 0.2) is 5.96 Å². The topological polar surface area (TPSA) is 88.7 Å². The zero-order valence-corrected chi connectivity index (χ0v) is 18.0. The van der Waals surface area contributed by atoms with Gasteiger partial charge in [-0.2, -0.15) is 0 Å². The molecular formula is C19H22F3IN4O2. The first kappa shape index (κ1) is 24.5. The lowest BCUT2D eigenvalue weighted by Gasteiger charge is -2.15. The molecule has 0 bridgehead atoms. The van der Waals surface area contributed by atoms with Gasteiger partial charge < -0.3 is 21.1 Å². The number of nitrogens with one attached hydrogen (secondary N) is 2. The van der Waals surface area contributed by atoms with Crippen LogP contribution in [0.4, 0.5) is 13.2 Å². The number of guanidine groups is 1. The van der Waals surface area contributed by atoms with E-state index in [1.54, 1.807) is 36.4 Å². The number of primary amides is 1. The van der Waals surface area contributed by atoms with Crippen LogP contribution in [0.5, 0.6) is 5.75 Å². The lowest BCUT2D eigenvalue weighted by Crippen LogP contribution is -2.37. The van der Waals surface area contributed by atoms with E-state index in [0.717, 1.165) is 5.56 Å². The highest BCUT2D eigenvalue weighted by Crippen LogP contribution is 2.26. The van der Waals surface area contributed by atoms with Gasteiger partial charge in [-0.1, -0.05) is 30.3 Å². The molecule has 0 aliphatic rings. The highest BCUT2D eigenvalue weighted by atomic mass is 127. The van der Waals surface area contributed by atoms with Crippen molar-refractivity contribution in [1.29, 1.82) is 0 Å². The van der Waals surface area contributed by atoms with Crippen molar-refractivity contribution in [3.05, 3.63) is 65.2 Å². The van der Waals surface area contributed by atoms with Crippen LogP contribution < -0.4 is 21.1 Å². The predicted octanol–water partition coefficient (Wildman–Crippen LogP) is 3.56. The Hall–Kier alpha value is -2.50. The molecule has 2 rings (SSSR count). The maximum atomic E-state index is 12.5. The first-order valence-corrected chi connectivity index (χ1v) is 8.53. The smallest absolute Gasteiger partial charge is 0.405 e. The van der Waals surface area contributed by atoms with E-state index in [9.17, 15) is 18.0 Å². The minimum absolute atomic E-state index is 0. The average Bonchev–Trinajstić information content (AvgIpc) is 2.64. The van der Waals surface area contributed by atoms with Gasteiger partial charge in [-0.3, -0.25) is 4.79 Å². The summed E-state index contributed by atoms with van der Waals surface area (Å²) in [4.78, 5) is 15.5. The molecule has 0 spiro atoms. The summed E-state index contributed by atoms with van der Waals surface area (Å²) in [6.07, 6.45) is -4.76. The molecule has 2 aromatic carbocycles. The lowest BCUT2D eigenvalue weighted by atomic mass is 10.1. The van der Waals surface area contributed by atoms with Gasteiger partial charge in [0.2, 0.25) is 5.91 Å². The summed E-state index contributed by atoms with van der Waals surface area (Å²) in [7, 11) is 0. The Balaban J connectivity index is 0.00000420. The number of rotatable bonds is 7. The molecule has 0 unspecified atom stereocenters. The third kappa shape index (κ3) is 8.59. The number of benzene rings is 2. The number of nitrogens with zero attached hydrogens (tertiary/aromatic N) is 1. The van der Waals surface area contributed by atoms with Gasteiger partial charge in [-0.15, -0.1) is 37.1 Å². The first-order valence-electron chi connectivity index (χ1n) is 8.53. The lowest BCUT2D eigenvalue weighted by molar-refractivity contribution is -0.274. The third-order valence-electron chi connectivity index (χ3n) is 3.65. The van der Waals surface area contributed by atoms with Crippen LogP contribution in [0.1, 0.15) is 28.4 Å². The number of amides is 1. The van der Waals surface area contributed by atoms with Crippen molar-refractivity contribution in [3.63, 3.8) is 0 Å². The van der Waals surface area contributed by atoms with Crippen LogP contribution in [0, 0.1) is 0 Å². The van der Waals surface area contributed by atoms with E-state index in [2.05, 4.69) is 20.4 Å². The maximum absolute atomic E-state index is 12.5. The number of hydrogen-bond donors (Lipinski definition) is 3. The molecule has 0 saturated heterocycles. The molecule has 0 aromatic heterocycles. The van der Waals surface area contributed by atoms with Gasteiger partial charge in [-0.25, -0.2) is 4.99 Å². The van der Waals surface area contributed by atoms with E-state index in [1.807, 2.05) is 6.92 Å². The van der Waals surface area contributed by atoms with Crippen molar-refractivity contribution in [2.75, 3.05) is 6.54 Å². The quantitative estimate of drug-likeness (QED) is 0.295. The zero-order chi connectivity index (χ0) is 20.6. The number of para-hydroxylation sites is 1. The number of alkyl halides is 3. The summed E-state index contributed by atoms with van der Waals surface area (Å²) < 4.78 is 41.6. The van der Waals surface area contributed by atoms with Crippen molar-refractivity contribution >= 4 is 35.8 Å². The number of aliphatic imine (C=N–C) groups is 1. The highest BCUT2D eigenvalue weighted by molar-refractivity contribution is 14.0. The Labute approximate surface area is 183 Å². The van der Waals surface area contributed by atoms with Crippen molar-refractivity contribution in [2.45, 2.75) is 26.4 Å². The predicted molar refractivity (Wildman–Crippen MR) is 115 cm³/mol. The molecule has 29 heavy (non-hydrogen) atoms. The fourth-order valence-electron chi connectivity index (χ4n) is 2.34. The number of hydrogen-bond acceptors (Lipinski definition) is 3. The van der Waals surface area contributed by atoms with E-state index >= 15 is 0 Å². The van der Waals surface area contributed by atoms with Crippen molar-refractivity contribution in [1.82, 2.24) is 10.6 Å². The van der Waals surface area contributed by atoms with Gasteiger partial charge >= 0.3 is 6.36 Å². The van der Waals surface area contributed by atoms with Gasteiger partial charge in [0.05, 0.1) is 6.54 Å². The Morgan fingerprint density at radius 3 is 2.34 bits per heavy atom. The molecule has 0 fully saturated rings. The maximum Gasteiger partial charge on any atom is 0.573 e. The molecule has 0 saturated carbocycles. The minimum Gasteiger partial charge on any atom is -0.405 e. The van der Waals surface area contributed by atoms with Gasteiger partial charge in [0, 0.05) is 24.2 Å². The molecule has 0 radical (unpaired) electrons. The average molecular weight is 522 g/mol. The first-order chi connectivity index (χ1) is 13.3. The molecule has 6 nitrogen and oxygen atoms in total. The third-order valence-corrected chi connectivity index (χ3v) is 3.65. The normalized spacial score (nSPS) is 11.4.